The van der Waals surface area contributed by atoms with Gasteiger partial charge >= 0.3 is 0 Å². The Morgan fingerprint density at radius 1 is 1.21 bits per heavy atom. The van der Waals surface area contributed by atoms with E-state index in [9.17, 15) is 8.78 Å². The van der Waals surface area contributed by atoms with Crippen LogP contribution < -0.4 is 5.32 Å². The third kappa shape index (κ3) is 3.17. The fourth-order valence-corrected chi connectivity index (χ4v) is 2.28. The van der Waals surface area contributed by atoms with Crippen LogP contribution >= 0.6 is 0 Å². The van der Waals surface area contributed by atoms with E-state index in [1.165, 1.54) is 12.1 Å². The fraction of sp³-hybridized carbons (Fsp3) is 0.357. The third-order valence-corrected chi connectivity index (χ3v) is 3.11. The molecule has 3 nitrogen and oxygen atoms in total. The van der Waals surface area contributed by atoms with Crippen LogP contribution in [0.3, 0.4) is 0 Å². The Morgan fingerprint density at radius 2 is 1.84 bits per heavy atom. The van der Waals surface area contributed by atoms with Gasteiger partial charge in [-0.3, -0.25) is 4.68 Å². The summed E-state index contributed by atoms with van der Waals surface area (Å²) in [4.78, 5) is 0. The van der Waals surface area contributed by atoms with Gasteiger partial charge in [-0.2, -0.15) is 5.10 Å². The Hall–Kier alpha value is -1.75. The number of nitrogens with one attached hydrogen (secondary N) is 1. The van der Waals surface area contributed by atoms with Crippen molar-refractivity contribution in [2.45, 2.75) is 19.4 Å². The minimum Gasteiger partial charge on any atom is -0.311 e. The van der Waals surface area contributed by atoms with Crippen molar-refractivity contribution in [3.05, 3.63) is 52.9 Å². The lowest BCUT2D eigenvalue weighted by atomic mass is 10.0. The van der Waals surface area contributed by atoms with Gasteiger partial charge in [-0.15, -0.1) is 0 Å². The Bertz CT molecular complexity index is 558. The predicted octanol–water partition coefficient (Wildman–Crippen LogP) is 2.51. The molecule has 5 heteroatoms. The molecule has 1 N–H and O–H groups in total. The van der Waals surface area contributed by atoms with Gasteiger partial charge in [-0.25, -0.2) is 8.78 Å². The average Bonchev–Trinajstić information content (AvgIpc) is 2.64. The lowest BCUT2D eigenvalue weighted by Crippen LogP contribution is -2.21. The normalized spacial score (nSPS) is 12.7. The number of benzene rings is 1. The van der Waals surface area contributed by atoms with Gasteiger partial charge in [0.25, 0.3) is 0 Å². The summed E-state index contributed by atoms with van der Waals surface area (Å²) in [6.07, 6.45) is 0.504. The van der Waals surface area contributed by atoms with Crippen LogP contribution in [0.2, 0.25) is 0 Å². The quantitative estimate of drug-likeness (QED) is 0.920. The van der Waals surface area contributed by atoms with Crippen LogP contribution in [0.15, 0.2) is 24.3 Å². The van der Waals surface area contributed by atoms with Crippen LogP contribution in [0.1, 0.15) is 23.0 Å². The first-order valence-corrected chi connectivity index (χ1v) is 6.12. The summed E-state index contributed by atoms with van der Waals surface area (Å²) in [6, 6.07) is 5.53. The molecule has 19 heavy (non-hydrogen) atoms. The Morgan fingerprint density at radius 3 is 2.32 bits per heavy atom. The molecule has 0 aliphatic heterocycles. The van der Waals surface area contributed by atoms with Crippen molar-refractivity contribution in [2.24, 2.45) is 7.05 Å². The van der Waals surface area contributed by atoms with Crippen LogP contribution in [-0.4, -0.2) is 16.8 Å². The van der Waals surface area contributed by atoms with Crippen LogP contribution in [0.25, 0.3) is 0 Å². The Kier molecular flexibility index (Phi) is 3.95. The van der Waals surface area contributed by atoms with Gasteiger partial charge in [0, 0.05) is 13.1 Å². The van der Waals surface area contributed by atoms with E-state index in [1.54, 1.807) is 4.68 Å². The lowest BCUT2D eigenvalue weighted by molar-refractivity contribution is 0.529. The minimum absolute atomic E-state index is 0.0348. The summed E-state index contributed by atoms with van der Waals surface area (Å²) >= 11 is 0. The molecule has 1 heterocycles. The van der Waals surface area contributed by atoms with E-state index in [1.807, 2.05) is 27.1 Å². The summed E-state index contributed by atoms with van der Waals surface area (Å²) in [5.74, 6) is -1.10. The van der Waals surface area contributed by atoms with E-state index in [2.05, 4.69) is 10.4 Å². The van der Waals surface area contributed by atoms with E-state index in [4.69, 9.17) is 0 Å². The summed E-state index contributed by atoms with van der Waals surface area (Å²) < 4.78 is 28.2. The van der Waals surface area contributed by atoms with Crippen molar-refractivity contribution in [2.75, 3.05) is 7.05 Å². The van der Waals surface area contributed by atoms with E-state index < -0.39 is 11.6 Å². The molecule has 102 valence electrons. The second-order valence-electron chi connectivity index (χ2n) is 4.66. The third-order valence-electron chi connectivity index (χ3n) is 3.11. The molecule has 0 saturated heterocycles. The molecule has 1 aromatic heterocycles. The summed E-state index contributed by atoms with van der Waals surface area (Å²) in [5.41, 5.74) is 2.53. The molecule has 0 saturated carbocycles. The molecule has 0 spiro atoms. The fourth-order valence-electron chi connectivity index (χ4n) is 2.28. The SMILES string of the molecule is CNC(Cc1cc(F)cc(F)c1)c1cc(C)nn1C. The number of aryl methyl sites for hydroxylation is 2. The minimum atomic E-state index is -0.550. The standard InChI is InChI=1S/C14H17F2N3/c1-9-4-14(19(3)18-9)13(17-2)7-10-5-11(15)8-12(16)6-10/h4-6,8,13,17H,7H2,1-3H3. The zero-order valence-electron chi connectivity index (χ0n) is 11.2. The first kappa shape index (κ1) is 13.7. The first-order chi connectivity index (χ1) is 8.99. The maximum atomic E-state index is 13.2. The molecule has 0 amide bonds. The van der Waals surface area contributed by atoms with Crippen LogP contribution in [0.4, 0.5) is 8.78 Å². The van der Waals surface area contributed by atoms with E-state index in [0.29, 0.717) is 12.0 Å². The predicted molar refractivity (Wildman–Crippen MR) is 69.8 cm³/mol. The second kappa shape index (κ2) is 5.48. The van der Waals surface area contributed by atoms with Crippen molar-refractivity contribution in [3.8, 4) is 0 Å². The maximum Gasteiger partial charge on any atom is 0.126 e. The number of halogens is 2. The first-order valence-electron chi connectivity index (χ1n) is 6.12. The highest BCUT2D eigenvalue weighted by Crippen LogP contribution is 2.20. The smallest absolute Gasteiger partial charge is 0.126 e. The number of aromatic nitrogens is 2. The van der Waals surface area contributed by atoms with Crippen LogP contribution in [0, 0.1) is 18.6 Å². The average molecular weight is 265 g/mol. The number of likely N-dealkylation sites (N-methyl/N-ethyl adjacent to an activating group) is 1. The molecule has 1 unspecified atom stereocenters. The highest BCUT2D eigenvalue weighted by molar-refractivity contribution is 5.22. The van der Waals surface area contributed by atoms with Gasteiger partial charge < -0.3 is 5.32 Å². The van der Waals surface area contributed by atoms with Gasteiger partial charge in [-0.05, 0) is 44.2 Å². The maximum absolute atomic E-state index is 13.2. The van der Waals surface area contributed by atoms with Crippen LogP contribution in [-0.2, 0) is 13.5 Å². The molecule has 0 fully saturated rings. The summed E-state index contributed by atoms with van der Waals surface area (Å²) in [5, 5.41) is 7.44. The molecule has 0 radical (unpaired) electrons. The van der Waals surface area contributed by atoms with Crippen molar-refractivity contribution >= 4 is 0 Å². The van der Waals surface area contributed by atoms with E-state index >= 15 is 0 Å². The summed E-state index contributed by atoms with van der Waals surface area (Å²) in [6.45, 7) is 1.91. The topological polar surface area (TPSA) is 29.9 Å². The van der Waals surface area contributed by atoms with Crippen molar-refractivity contribution in [3.63, 3.8) is 0 Å². The van der Waals surface area contributed by atoms with E-state index in [0.717, 1.165) is 17.5 Å². The zero-order valence-corrected chi connectivity index (χ0v) is 11.2. The Labute approximate surface area is 111 Å². The highest BCUT2D eigenvalue weighted by atomic mass is 19.1. The number of nitrogens with zero attached hydrogens (tertiary/aromatic N) is 2. The van der Waals surface area contributed by atoms with Gasteiger partial charge in [0.15, 0.2) is 0 Å². The molecule has 1 aromatic carbocycles. The second-order valence-corrected chi connectivity index (χ2v) is 4.66. The van der Waals surface area contributed by atoms with Gasteiger partial charge in [0.05, 0.1) is 17.4 Å². The molecular formula is C14H17F2N3. The Balaban J connectivity index is 2.26. The number of hydrogen-bond acceptors (Lipinski definition) is 2. The zero-order chi connectivity index (χ0) is 14.0. The molecule has 0 bridgehead atoms. The molecular weight excluding hydrogens is 248 g/mol. The molecule has 1 atom stereocenters. The number of rotatable bonds is 4. The largest absolute Gasteiger partial charge is 0.311 e. The van der Waals surface area contributed by atoms with Crippen molar-refractivity contribution in [1.29, 1.82) is 0 Å². The van der Waals surface area contributed by atoms with Gasteiger partial charge in [0.2, 0.25) is 0 Å². The molecule has 0 aliphatic carbocycles. The lowest BCUT2D eigenvalue weighted by Gasteiger charge is -2.16. The van der Waals surface area contributed by atoms with Crippen molar-refractivity contribution in [1.82, 2.24) is 15.1 Å². The molecule has 2 aromatic rings. The van der Waals surface area contributed by atoms with Crippen LogP contribution in [0.5, 0.6) is 0 Å². The van der Waals surface area contributed by atoms with Crippen molar-refractivity contribution < 1.29 is 8.78 Å². The van der Waals surface area contributed by atoms with Gasteiger partial charge in [-0.1, -0.05) is 0 Å². The summed E-state index contributed by atoms with van der Waals surface area (Å²) in [7, 11) is 3.68. The highest BCUT2D eigenvalue weighted by Gasteiger charge is 2.15. The monoisotopic (exact) mass is 265 g/mol. The number of hydrogen-bond donors (Lipinski definition) is 1. The molecule has 0 aliphatic rings. The van der Waals surface area contributed by atoms with Gasteiger partial charge in [0.1, 0.15) is 11.6 Å². The molecule has 2 rings (SSSR count). The van der Waals surface area contributed by atoms with E-state index in [-0.39, 0.29) is 6.04 Å².